The molecule has 3 heteroatoms. The molecule has 1 aromatic heterocycles. The van der Waals surface area contributed by atoms with Gasteiger partial charge in [0, 0.05) is 24.5 Å². The maximum atomic E-state index is 4.46. The van der Waals surface area contributed by atoms with Gasteiger partial charge in [-0.25, -0.2) is 0 Å². The highest BCUT2D eigenvalue weighted by atomic mass is 14.9. The molecule has 18 heavy (non-hydrogen) atoms. The summed E-state index contributed by atoms with van der Waals surface area (Å²) in [7, 11) is 0. The molecule has 1 aromatic carbocycles. The second-order valence-electron chi connectivity index (χ2n) is 5.80. The maximum absolute atomic E-state index is 4.46. The normalized spacial score (nSPS) is 13.8. The van der Waals surface area contributed by atoms with E-state index >= 15 is 0 Å². The largest absolute Gasteiger partial charge is 0.311 e. The second-order valence-corrected chi connectivity index (χ2v) is 5.80. The number of nitrogens with one attached hydrogen (secondary N) is 1. The number of hydrogen-bond donors (Lipinski definition) is 1. The smallest absolute Gasteiger partial charge is 0.0921 e. The van der Waals surface area contributed by atoms with E-state index in [0.29, 0.717) is 5.92 Å². The predicted molar refractivity (Wildman–Crippen MR) is 75.7 cm³/mol. The van der Waals surface area contributed by atoms with Gasteiger partial charge in [0.05, 0.1) is 11.0 Å². The van der Waals surface area contributed by atoms with Crippen LogP contribution in [0, 0.1) is 0 Å². The Kier molecular flexibility index (Phi) is 3.62. The highest BCUT2D eigenvalue weighted by Crippen LogP contribution is 2.22. The molecular formula is C15H21N3. The lowest BCUT2D eigenvalue weighted by molar-refractivity contribution is 0.413. The minimum absolute atomic E-state index is 0.143. The highest BCUT2D eigenvalue weighted by molar-refractivity contribution is 5.78. The van der Waals surface area contributed by atoms with Crippen molar-refractivity contribution in [2.45, 2.75) is 39.2 Å². The van der Waals surface area contributed by atoms with E-state index in [0.717, 1.165) is 17.6 Å². The van der Waals surface area contributed by atoms with E-state index in [-0.39, 0.29) is 5.54 Å². The number of hydrogen-bond acceptors (Lipinski definition) is 3. The third kappa shape index (κ3) is 3.05. The molecule has 0 aliphatic rings. The number of fused-ring (bicyclic) bond motifs is 1. The van der Waals surface area contributed by atoms with Crippen molar-refractivity contribution in [1.82, 2.24) is 15.3 Å². The zero-order chi connectivity index (χ0) is 13.2. The molecule has 2 aromatic rings. The van der Waals surface area contributed by atoms with Crippen LogP contribution >= 0.6 is 0 Å². The summed E-state index contributed by atoms with van der Waals surface area (Å²) in [5, 5.41) is 3.54. The first kappa shape index (κ1) is 13.0. The fourth-order valence-electron chi connectivity index (χ4n) is 1.98. The Hall–Kier alpha value is -1.48. The first-order valence-electron chi connectivity index (χ1n) is 6.42. The van der Waals surface area contributed by atoms with E-state index in [1.807, 2.05) is 6.07 Å². The third-order valence-electron chi connectivity index (χ3n) is 3.00. The van der Waals surface area contributed by atoms with Crippen LogP contribution in [0.15, 0.2) is 30.6 Å². The number of aromatic nitrogens is 2. The second kappa shape index (κ2) is 5.02. The quantitative estimate of drug-likeness (QED) is 0.900. The summed E-state index contributed by atoms with van der Waals surface area (Å²) in [6, 6.07) is 6.21. The van der Waals surface area contributed by atoms with Crippen molar-refractivity contribution in [3.63, 3.8) is 0 Å². The minimum Gasteiger partial charge on any atom is -0.311 e. The molecule has 3 nitrogen and oxygen atoms in total. The van der Waals surface area contributed by atoms with E-state index in [4.69, 9.17) is 0 Å². The highest BCUT2D eigenvalue weighted by Gasteiger charge is 2.14. The van der Waals surface area contributed by atoms with Crippen LogP contribution in [0.3, 0.4) is 0 Å². The van der Waals surface area contributed by atoms with Gasteiger partial charge < -0.3 is 5.32 Å². The van der Waals surface area contributed by atoms with Gasteiger partial charge in [-0.05, 0) is 38.3 Å². The molecule has 0 bridgehead atoms. The van der Waals surface area contributed by atoms with Crippen molar-refractivity contribution in [1.29, 1.82) is 0 Å². The van der Waals surface area contributed by atoms with Crippen molar-refractivity contribution in [3.05, 3.63) is 36.2 Å². The maximum Gasteiger partial charge on any atom is 0.0921 e. The van der Waals surface area contributed by atoms with Crippen LogP contribution in [0.1, 0.15) is 39.2 Å². The topological polar surface area (TPSA) is 37.8 Å². The van der Waals surface area contributed by atoms with Gasteiger partial charge in [-0.1, -0.05) is 19.1 Å². The third-order valence-corrected chi connectivity index (χ3v) is 3.00. The summed E-state index contributed by atoms with van der Waals surface area (Å²) in [5.74, 6) is 0.421. The molecule has 0 aliphatic carbocycles. The first-order valence-corrected chi connectivity index (χ1v) is 6.42. The van der Waals surface area contributed by atoms with E-state index < -0.39 is 0 Å². The molecule has 1 heterocycles. The van der Waals surface area contributed by atoms with E-state index in [1.165, 1.54) is 5.56 Å². The van der Waals surface area contributed by atoms with Crippen molar-refractivity contribution in [2.24, 2.45) is 0 Å². The van der Waals surface area contributed by atoms with E-state index in [9.17, 15) is 0 Å². The Morgan fingerprint density at radius 3 is 2.61 bits per heavy atom. The lowest BCUT2D eigenvalue weighted by Crippen LogP contribution is -2.38. The first-order chi connectivity index (χ1) is 8.47. The van der Waals surface area contributed by atoms with Crippen LogP contribution in [-0.4, -0.2) is 22.1 Å². The molecule has 0 spiro atoms. The number of benzene rings is 1. The molecule has 0 fully saturated rings. The van der Waals surface area contributed by atoms with Gasteiger partial charge in [0.15, 0.2) is 0 Å². The molecule has 0 amide bonds. The van der Waals surface area contributed by atoms with Crippen LogP contribution in [0.2, 0.25) is 0 Å². The van der Waals surface area contributed by atoms with Gasteiger partial charge in [0.25, 0.3) is 0 Å². The fourth-order valence-corrected chi connectivity index (χ4v) is 1.98. The Morgan fingerprint density at radius 1 is 1.17 bits per heavy atom. The predicted octanol–water partition coefficient (Wildman–Crippen LogP) is 3.12. The standard InChI is InChI=1S/C15H21N3/c1-11(10-18-15(2,3)4)12-6-5-7-13-14(12)17-9-8-16-13/h5-9,11,18H,10H2,1-4H3/t11-/m1/s1. The van der Waals surface area contributed by atoms with Crippen molar-refractivity contribution < 1.29 is 0 Å². The van der Waals surface area contributed by atoms with Gasteiger partial charge in [-0.15, -0.1) is 0 Å². The van der Waals surface area contributed by atoms with Crippen LogP contribution < -0.4 is 5.32 Å². The monoisotopic (exact) mass is 243 g/mol. The molecule has 0 saturated carbocycles. The molecule has 0 saturated heterocycles. The summed E-state index contributed by atoms with van der Waals surface area (Å²) in [6.07, 6.45) is 3.50. The summed E-state index contributed by atoms with van der Waals surface area (Å²) in [5.41, 5.74) is 3.39. The SMILES string of the molecule is C[C@H](CNC(C)(C)C)c1cccc2nccnc12. The van der Waals surface area contributed by atoms with Gasteiger partial charge in [-0.2, -0.15) is 0 Å². The average Bonchev–Trinajstić information content (AvgIpc) is 2.34. The molecule has 1 atom stereocenters. The van der Waals surface area contributed by atoms with Crippen molar-refractivity contribution in [2.75, 3.05) is 6.54 Å². The van der Waals surface area contributed by atoms with Gasteiger partial charge in [0.1, 0.15) is 0 Å². The number of para-hydroxylation sites is 1. The summed E-state index contributed by atoms with van der Waals surface area (Å²) in [6.45, 7) is 9.72. The van der Waals surface area contributed by atoms with Crippen LogP contribution in [0.5, 0.6) is 0 Å². The summed E-state index contributed by atoms with van der Waals surface area (Å²) >= 11 is 0. The van der Waals surface area contributed by atoms with Gasteiger partial charge in [0.2, 0.25) is 0 Å². The molecule has 0 unspecified atom stereocenters. The average molecular weight is 243 g/mol. The molecule has 1 N–H and O–H groups in total. The molecular weight excluding hydrogens is 222 g/mol. The summed E-state index contributed by atoms with van der Waals surface area (Å²) < 4.78 is 0. The molecule has 0 radical (unpaired) electrons. The van der Waals surface area contributed by atoms with Gasteiger partial charge in [-0.3, -0.25) is 9.97 Å². The zero-order valence-corrected chi connectivity index (χ0v) is 11.6. The van der Waals surface area contributed by atoms with E-state index in [2.05, 4.69) is 55.1 Å². The zero-order valence-electron chi connectivity index (χ0n) is 11.6. The van der Waals surface area contributed by atoms with Crippen LogP contribution in [0.25, 0.3) is 11.0 Å². The van der Waals surface area contributed by atoms with Crippen LogP contribution in [-0.2, 0) is 0 Å². The van der Waals surface area contributed by atoms with Crippen LogP contribution in [0.4, 0.5) is 0 Å². The van der Waals surface area contributed by atoms with Crippen molar-refractivity contribution in [3.8, 4) is 0 Å². The fraction of sp³-hybridized carbons (Fsp3) is 0.467. The Balaban J connectivity index is 2.25. The molecule has 2 rings (SSSR count). The Bertz CT molecular complexity index is 523. The molecule has 96 valence electrons. The van der Waals surface area contributed by atoms with Gasteiger partial charge >= 0.3 is 0 Å². The lowest BCUT2D eigenvalue weighted by Gasteiger charge is -2.24. The lowest BCUT2D eigenvalue weighted by atomic mass is 9.98. The van der Waals surface area contributed by atoms with E-state index in [1.54, 1.807) is 12.4 Å². The minimum atomic E-state index is 0.143. The molecule has 0 aliphatic heterocycles. The Labute approximate surface area is 109 Å². The number of nitrogens with zero attached hydrogens (tertiary/aromatic N) is 2. The van der Waals surface area contributed by atoms with Crippen molar-refractivity contribution >= 4 is 11.0 Å². The summed E-state index contributed by atoms with van der Waals surface area (Å²) in [4.78, 5) is 8.81. The number of rotatable bonds is 3. The Morgan fingerprint density at radius 2 is 1.89 bits per heavy atom.